The molecule has 0 aromatic heterocycles. The molecule has 4 amide bonds. The minimum atomic E-state index is -0.757. The summed E-state index contributed by atoms with van der Waals surface area (Å²) < 4.78 is 0. The maximum atomic E-state index is 13.3. The van der Waals surface area contributed by atoms with Crippen molar-refractivity contribution in [2.45, 2.75) is 57.0 Å². The van der Waals surface area contributed by atoms with Gasteiger partial charge in [-0.05, 0) is 56.3 Å². The van der Waals surface area contributed by atoms with Crippen molar-refractivity contribution in [3.8, 4) is 0 Å². The average molecular weight is 447 g/mol. The van der Waals surface area contributed by atoms with E-state index in [0.29, 0.717) is 50.2 Å². The lowest BCUT2D eigenvalue weighted by molar-refractivity contribution is -0.135. The van der Waals surface area contributed by atoms with Gasteiger partial charge in [0.05, 0.1) is 6.04 Å². The highest BCUT2D eigenvalue weighted by Gasteiger charge is 2.54. The van der Waals surface area contributed by atoms with Gasteiger partial charge < -0.3 is 15.1 Å². The van der Waals surface area contributed by atoms with Gasteiger partial charge in [-0.25, -0.2) is 4.79 Å². The Labute approximate surface area is 188 Å². The number of hydrogen-bond acceptors (Lipinski definition) is 4. The zero-order valence-electron chi connectivity index (χ0n) is 18.1. The molecule has 1 atom stereocenters. The second kappa shape index (κ2) is 9.17. The molecule has 3 aliphatic heterocycles. The summed E-state index contributed by atoms with van der Waals surface area (Å²) in [7, 11) is 0. The predicted octanol–water partition coefficient (Wildman–Crippen LogP) is 2.67. The van der Waals surface area contributed by atoms with E-state index in [-0.39, 0.29) is 23.9 Å². The van der Waals surface area contributed by atoms with Crippen LogP contribution in [0.4, 0.5) is 4.79 Å². The molecule has 168 valence electrons. The van der Waals surface area contributed by atoms with Gasteiger partial charge in [0.2, 0.25) is 5.91 Å². The number of nitrogens with one attached hydrogen (secondary N) is 1. The van der Waals surface area contributed by atoms with E-state index in [0.717, 1.165) is 31.6 Å². The van der Waals surface area contributed by atoms with Crippen LogP contribution in [0.2, 0.25) is 5.02 Å². The molecule has 1 aromatic rings. The molecule has 8 heteroatoms. The Hall–Kier alpha value is -2.12. The molecular weight excluding hydrogens is 416 g/mol. The Balaban J connectivity index is 1.32. The first-order valence-electron chi connectivity index (χ1n) is 11.3. The number of aryl methyl sites for hydroxylation is 1. The second-order valence-corrected chi connectivity index (χ2v) is 9.37. The number of hydrogen-bond donors (Lipinski definition) is 1. The third kappa shape index (κ3) is 4.58. The van der Waals surface area contributed by atoms with Crippen LogP contribution in [0.15, 0.2) is 24.3 Å². The standard InChI is InChI=1S/C23H31ClN4O3/c1-2-12-26-14-10-23(11-15-26)21(30)28(22(31)25-23)19-9-13-27(16-19)20(29)8-5-17-3-6-18(24)7-4-17/h3-4,6-7,19H,2,5,8-16H2,1H3,(H,25,31)/t19-/m0/s1. The van der Waals surface area contributed by atoms with E-state index in [9.17, 15) is 14.4 Å². The van der Waals surface area contributed by atoms with Crippen LogP contribution in [0, 0.1) is 0 Å². The van der Waals surface area contributed by atoms with Crippen LogP contribution < -0.4 is 5.32 Å². The van der Waals surface area contributed by atoms with Crippen molar-refractivity contribution in [2.24, 2.45) is 0 Å². The molecule has 1 aromatic carbocycles. The summed E-state index contributed by atoms with van der Waals surface area (Å²) in [6.07, 6.45) is 4.10. The van der Waals surface area contributed by atoms with E-state index in [1.165, 1.54) is 4.90 Å². The Morgan fingerprint density at radius 3 is 2.55 bits per heavy atom. The van der Waals surface area contributed by atoms with Crippen molar-refractivity contribution in [2.75, 3.05) is 32.7 Å². The van der Waals surface area contributed by atoms with Crippen LogP contribution in [0.25, 0.3) is 0 Å². The van der Waals surface area contributed by atoms with Crippen LogP contribution in [-0.2, 0) is 16.0 Å². The third-order valence-corrected chi connectivity index (χ3v) is 7.12. The number of benzene rings is 1. The molecule has 0 radical (unpaired) electrons. The Morgan fingerprint density at radius 2 is 1.87 bits per heavy atom. The monoisotopic (exact) mass is 446 g/mol. The zero-order valence-corrected chi connectivity index (χ0v) is 18.9. The number of carbonyl (C=O) groups is 3. The number of likely N-dealkylation sites (tertiary alicyclic amines) is 2. The summed E-state index contributed by atoms with van der Waals surface area (Å²) in [6.45, 7) is 5.84. The van der Waals surface area contributed by atoms with Crippen LogP contribution in [0.1, 0.15) is 44.6 Å². The molecule has 1 spiro atoms. The van der Waals surface area contributed by atoms with E-state index in [1.807, 2.05) is 24.3 Å². The van der Waals surface area contributed by atoms with Crippen molar-refractivity contribution < 1.29 is 14.4 Å². The molecule has 31 heavy (non-hydrogen) atoms. The van der Waals surface area contributed by atoms with Crippen molar-refractivity contribution in [1.82, 2.24) is 20.0 Å². The van der Waals surface area contributed by atoms with Gasteiger partial charge in [0.25, 0.3) is 5.91 Å². The Kier molecular flexibility index (Phi) is 6.53. The van der Waals surface area contributed by atoms with Crippen LogP contribution in [0.3, 0.4) is 0 Å². The van der Waals surface area contributed by atoms with Gasteiger partial charge in [-0.15, -0.1) is 0 Å². The van der Waals surface area contributed by atoms with Crippen molar-refractivity contribution >= 4 is 29.4 Å². The van der Waals surface area contributed by atoms with Gasteiger partial charge in [0.15, 0.2) is 0 Å². The molecule has 3 fully saturated rings. The highest BCUT2D eigenvalue weighted by molar-refractivity contribution is 6.30. The van der Waals surface area contributed by atoms with Crippen molar-refractivity contribution in [1.29, 1.82) is 0 Å². The van der Waals surface area contributed by atoms with Crippen LogP contribution >= 0.6 is 11.6 Å². The molecule has 3 heterocycles. The van der Waals surface area contributed by atoms with Gasteiger partial charge in [0, 0.05) is 37.6 Å². The minimum absolute atomic E-state index is 0.0621. The molecule has 3 saturated heterocycles. The first-order chi connectivity index (χ1) is 14.9. The maximum absolute atomic E-state index is 13.3. The maximum Gasteiger partial charge on any atom is 0.325 e. The lowest BCUT2D eigenvalue weighted by atomic mass is 9.87. The second-order valence-electron chi connectivity index (χ2n) is 8.94. The molecule has 1 N–H and O–H groups in total. The summed E-state index contributed by atoms with van der Waals surface area (Å²) in [5.74, 6) is -0.0406. The van der Waals surface area contributed by atoms with Gasteiger partial charge in [0.1, 0.15) is 5.54 Å². The number of carbonyl (C=O) groups excluding carboxylic acids is 3. The fourth-order valence-corrected chi connectivity index (χ4v) is 5.15. The quantitative estimate of drug-likeness (QED) is 0.682. The number of halogens is 1. The topological polar surface area (TPSA) is 73.0 Å². The molecule has 0 bridgehead atoms. The van der Waals surface area contributed by atoms with Gasteiger partial charge >= 0.3 is 6.03 Å². The number of nitrogens with zero attached hydrogens (tertiary/aromatic N) is 3. The molecule has 0 aliphatic carbocycles. The summed E-state index contributed by atoms with van der Waals surface area (Å²) >= 11 is 5.91. The lowest BCUT2D eigenvalue weighted by Gasteiger charge is -2.37. The normalized spacial score (nSPS) is 23.6. The largest absolute Gasteiger partial charge is 0.341 e. The number of urea groups is 1. The fourth-order valence-electron chi connectivity index (χ4n) is 5.03. The van der Waals surface area contributed by atoms with E-state index >= 15 is 0 Å². The number of amides is 4. The highest BCUT2D eigenvalue weighted by atomic mass is 35.5. The zero-order chi connectivity index (χ0) is 22.0. The first-order valence-corrected chi connectivity index (χ1v) is 11.7. The molecule has 4 rings (SSSR count). The average Bonchev–Trinajstić information content (AvgIpc) is 3.32. The van der Waals surface area contributed by atoms with Crippen molar-refractivity contribution in [3.05, 3.63) is 34.9 Å². The fraction of sp³-hybridized carbons (Fsp3) is 0.609. The molecular formula is C23H31ClN4O3. The Morgan fingerprint density at radius 1 is 1.16 bits per heavy atom. The van der Waals surface area contributed by atoms with Crippen LogP contribution in [0.5, 0.6) is 0 Å². The first kappa shape index (κ1) is 22.1. The van der Waals surface area contributed by atoms with Gasteiger partial charge in [-0.3, -0.25) is 14.5 Å². The van der Waals surface area contributed by atoms with Gasteiger partial charge in [-0.1, -0.05) is 30.7 Å². The lowest BCUT2D eigenvalue weighted by Crippen LogP contribution is -2.55. The summed E-state index contributed by atoms with van der Waals surface area (Å²) in [5.41, 5.74) is 0.312. The SMILES string of the molecule is CCCN1CCC2(CC1)NC(=O)N([C@H]1CCN(C(=O)CCc3ccc(Cl)cc3)C1)C2=O. The van der Waals surface area contributed by atoms with Gasteiger partial charge in [-0.2, -0.15) is 0 Å². The predicted molar refractivity (Wildman–Crippen MR) is 119 cm³/mol. The number of imide groups is 1. The molecule has 0 saturated carbocycles. The van der Waals surface area contributed by atoms with E-state index < -0.39 is 5.54 Å². The summed E-state index contributed by atoms with van der Waals surface area (Å²) in [4.78, 5) is 44.2. The van der Waals surface area contributed by atoms with E-state index in [1.54, 1.807) is 4.90 Å². The molecule has 7 nitrogen and oxygen atoms in total. The van der Waals surface area contributed by atoms with Crippen molar-refractivity contribution in [3.63, 3.8) is 0 Å². The van der Waals surface area contributed by atoms with Crippen LogP contribution in [-0.4, -0.2) is 76.8 Å². The minimum Gasteiger partial charge on any atom is -0.341 e. The third-order valence-electron chi connectivity index (χ3n) is 6.86. The molecule has 3 aliphatic rings. The number of rotatable bonds is 6. The highest BCUT2D eigenvalue weighted by Crippen LogP contribution is 2.32. The smallest absolute Gasteiger partial charge is 0.325 e. The number of piperidine rings is 1. The van der Waals surface area contributed by atoms with E-state index in [4.69, 9.17) is 11.6 Å². The van der Waals surface area contributed by atoms with E-state index in [2.05, 4.69) is 17.1 Å². The summed E-state index contributed by atoms with van der Waals surface area (Å²) in [6, 6.07) is 6.98. The summed E-state index contributed by atoms with van der Waals surface area (Å²) in [5, 5.41) is 3.68. The Bertz CT molecular complexity index is 836. The molecule has 0 unspecified atom stereocenters.